The maximum atomic E-state index is 12.4. The van der Waals surface area contributed by atoms with Gasteiger partial charge >= 0.3 is 23.9 Å². The van der Waals surface area contributed by atoms with Gasteiger partial charge in [0.1, 0.15) is 6.10 Å². The van der Waals surface area contributed by atoms with Crippen LogP contribution < -0.4 is 0 Å². The molecular formula is C26H34O11Si. The standard InChI is InChI=1S/C26H34O11Si/c1-7-26(2,3)25(30)31-12-16(27)33-19-17-18(34-22(19)29)20-24(35-17)37-23(36-20)15-10-8-14(9-11-15)21(28)32-13-38(4,5)6/h8-11,17-20,23-24H,7,12-13H2,1-6H3. The molecule has 0 N–H and O–H groups in total. The number of esters is 4. The monoisotopic (exact) mass is 550 g/mol. The first-order valence-electron chi connectivity index (χ1n) is 12.6. The molecule has 0 saturated carbocycles. The first-order chi connectivity index (χ1) is 17.8. The molecule has 3 aliphatic rings. The summed E-state index contributed by atoms with van der Waals surface area (Å²) in [7, 11) is -1.53. The second kappa shape index (κ2) is 10.8. The van der Waals surface area contributed by atoms with Gasteiger partial charge in [0.15, 0.2) is 31.4 Å². The van der Waals surface area contributed by atoms with Gasteiger partial charge in [-0.25, -0.2) is 14.4 Å². The number of fused-ring (bicyclic) bond motifs is 3. The third-order valence-electron chi connectivity index (χ3n) is 6.60. The predicted octanol–water partition coefficient (Wildman–Crippen LogP) is 2.68. The molecule has 3 heterocycles. The van der Waals surface area contributed by atoms with Crippen molar-refractivity contribution in [2.45, 2.75) is 83.8 Å². The van der Waals surface area contributed by atoms with Crippen molar-refractivity contribution >= 4 is 32.0 Å². The molecule has 11 nitrogen and oxygen atoms in total. The number of hydrogen-bond acceptors (Lipinski definition) is 11. The summed E-state index contributed by atoms with van der Waals surface area (Å²) in [6.07, 6.45) is -4.52. The summed E-state index contributed by atoms with van der Waals surface area (Å²) in [5, 5.41) is 0. The quantitative estimate of drug-likeness (QED) is 0.255. The fourth-order valence-electron chi connectivity index (χ4n) is 3.97. The van der Waals surface area contributed by atoms with Gasteiger partial charge in [-0.2, -0.15) is 0 Å². The maximum absolute atomic E-state index is 12.4. The number of carbonyl (C=O) groups is 4. The van der Waals surface area contributed by atoms with Crippen LogP contribution in [0.4, 0.5) is 0 Å². The van der Waals surface area contributed by atoms with E-state index in [9.17, 15) is 19.2 Å². The van der Waals surface area contributed by atoms with E-state index < -0.39 is 81.0 Å². The number of carbonyl (C=O) groups excluding carboxylic acids is 4. The Morgan fingerprint density at radius 2 is 1.63 bits per heavy atom. The molecule has 1 aromatic rings. The largest absolute Gasteiger partial charge is 0.466 e. The number of ether oxygens (including phenoxy) is 7. The average Bonchev–Trinajstić information content (AvgIpc) is 3.51. The molecule has 3 aliphatic heterocycles. The minimum atomic E-state index is -1.53. The summed E-state index contributed by atoms with van der Waals surface area (Å²) in [6.45, 7) is 10.9. The van der Waals surface area contributed by atoms with E-state index in [4.69, 9.17) is 33.2 Å². The summed E-state index contributed by atoms with van der Waals surface area (Å²) >= 11 is 0. The van der Waals surface area contributed by atoms with Crippen molar-refractivity contribution < 1.29 is 52.3 Å². The first-order valence-corrected chi connectivity index (χ1v) is 16.3. The molecular weight excluding hydrogens is 516 g/mol. The lowest BCUT2D eigenvalue weighted by atomic mass is 9.91. The Kier molecular flexibility index (Phi) is 7.98. The van der Waals surface area contributed by atoms with Gasteiger partial charge < -0.3 is 33.2 Å². The Labute approximate surface area is 222 Å². The van der Waals surface area contributed by atoms with Crippen LogP contribution >= 0.6 is 0 Å². The van der Waals surface area contributed by atoms with Gasteiger partial charge in [-0.05, 0) is 32.4 Å². The van der Waals surface area contributed by atoms with E-state index >= 15 is 0 Å². The summed E-state index contributed by atoms with van der Waals surface area (Å²) in [4.78, 5) is 49.0. The van der Waals surface area contributed by atoms with Crippen LogP contribution in [0, 0.1) is 5.41 Å². The Hall–Kier alpha value is -2.80. The van der Waals surface area contributed by atoms with Crippen molar-refractivity contribution in [2.75, 3.05) is 12.8 Å². The van der Waals surface area contributed by atoms with Gasteiger partial charge in [-0.1, -0.05) is 38.7 Å². The Morgan fingerprint density at radius 1 is 0.947 bits per heavy atom. The number of hydrogen-bond donors (Lipinski definition) is 0. The molecule has 0 aromatic heterocycles. The Balaban J connectivity index is 1.30. The lowest BCUT2D eigenvalue weighted by Gasteiger charge is -2.21. The van der Waals surface area contributed by atoms with E-state index in [2.05, 4.69) is 19.6 Å². The second-order valence-electron chi connectivity index (χ2n) is 11.4. The molecule has 208 valence electrons. The van der Waals surface area contributed by atoms with Crippen molar-refractivity contribution in [1.29, 1.82) is 0 Å². The molecule has 0 aliphatic carbocycles. The molecule has 3 fully saturated rings. The zero-order valence-corrected chi connectivity index (χ0v) is 23.4. The van der Waals surface area contributed by atoms with E-state index in [1.54, 1.807) is 38.1 Å². The van der Waals surface area contributed by atoms with Gasteiger partial charge in [-0.3, -0.25) is 4.79 Å². The summed E-state index contributed by atoms with van der Waals surface area (Å²) in [5.41, 5.74) is 0.317. The van der Waals surface area contributed by atoms with Crippen LogP contribution in [0.25, 0.3) is 0 Å². The highest BCUT2D eigenvalue weighted by molar-refractivity contribution is 6.76. The lowest BCUT2D eigenvalue weighted by molar-refractivity contribution is -0.187. The van der Waals surface area contributed by atoms with Crippen LogP contribution in [0.15, 0.2) is 24.3 Å². The summed E-state index contributed by atoms with van der Waals surface area (Å²) < 4.78 is 38.7. The van der Waals surface area contributed by atoms with E-state index in [-0.39, 0.29) is 0 Å². The molecule has 1 aromatic carbocycles. The highest BCUT2D eigenvalue weighted by Crippen LogP contribution is 2.44. The average molecular weight is 551 g/mol. The van der Waals surface area contributed by atoms with E-state index in [1.807, 2.05) is 6.92 Å². The fourth-order valence-corrected chi connectivity index (χ4v) is 4.53. The van der Waals surface area contributed by atoms with Crippen LogP contribution in [0.1, 0.15) is 49.4 Å². The zero-order chi connectivity index (χ0) is 27.8. The molecule has 12 heteroatoms. The van der Waals surface area contributed by atoms with Gasteiger partial charge in [0.05, 0.1) is 25.3 Å². The van der Waals surface area contributed by atoms with Gasteiger partial charge in [0.25, 0.3) is 0 Å². The van der Waals surface area contributed by atoms with Crippen LogP contribution in [-0.2, 0) is 47.5 Å². The number of rotatable bonds is 9. The molecule has 0 spiro atoms. The Morgan fingerprint density at radius 3 is 2.26 bits per heavy atom. The summed E-state index contributed by atoms with van der Waals surface area (Å²) in [6, 6.07) is 6.65. The van der Waals surface area contributed by atoms with Crippen molar-refractivity contribution in [3.8, 4) is 0 Å². The van der Waals surface area contributed by atoms with Gasteiger partial charge in [0.2, 0.25) is 6.10 Å². The SMILES string of the molecule is CCC(C)(C)C(=O)OCC(=O)OC1C(=O)OC2C3OC(c4ccc(C(=O)OC[Si](C)(C)C)cc4)OC3OC12. The number of benzene rings is 1. The van der Waals surface area contributed by atoms with Crippen molar-refractivity contribution in [2.24, 2.45) is 5.41 Å². The van der Waals surface area contributed by atoms with E-state index in [1.165, 1.54) is 0 Å². The molecule has 4 rings (SSSR count). The molecule has 38 heavy (non-hydrogen) atoms. The molecule has 3 saturated heterocycles. The maximum Gasteiger partial charge on any atom is 0.350 e. The smallest absolute Gasteiger partial charge is 0.350 e. The summed E-state index contributed by atoms with van der Waals surface area (Å²) in [5.74, 6) is -2.60. The zero-order valence-electron chi connectivity index (χ0n) is 22.4. The van der Waals surface area contributed by atoms with Crippen LogP contribution in [0.5, 0.6) is 0 Å². The fraction of sp³-hybridized carbons (Fsp3) is 0.615. The van der Waals surface area contributed by atoms with E-state index in [0.717, 1.165) is 0 Å². The predicted molar refractivity (Wildman–Crippen MR) is 132 cm³/mol. The van der Waals surface area contributed by atoms with Crippen LogP contribution in [0.3, 0.4) is 0 Å². The van der Waals surface area contributed by atoms with Gasteiger partial charge in [0, 0.05) is 5.56 Å². The second-order valence-corrected chi connectivity index (χ2v) is 16.8. The van der Waals surface area contributed by atoms with Crippen molar-refractivity contribution in [1.82, 2.24) is 0 Å². The highest BCUT2D eigenvalue weighted by atomic mass is 28.3. The van der Waals surface area contributed by atoms with Gasteiger partial charge in [-0.15, -0.1) is 0 Å². The van der Waals surface area contributed by atoms with Crippen molar-refractivity contribution in [3.63, 3.8) is 0 Å². The van der Waals surface area contributed by atoms with Crippen LogP contribution in [-0.4, -0.2) is 75.5 Å². The molecule has 0 radical (unpaired) electrons. The normalized spacial score (nSPS) is 28.3. The molecule has 6 atom stereocenters. The Bertz CT molecular complexity index is 1080. The topological polar surface area (TPSA) is 133 Å². The molecule has 6 unspecified atom stereocenters. The third kappa shape index (κ3) is 6.09. The van der Waals surface area contributed by atoms with Crippen LogP contribution in [0.2, 0.25) is 19.6 Å². The molecule has 0 amide bonds. The molecule has 0 bridgehead atoms. The minimum absolute atomic E-state index is 0.391. The lowest BCUT2D eigenvalue weighted by Crippen LogP contribution is -2.37. The first kappa shape index (κ1) is 28.2. The minimum Gasteiger partial charge on any atom is -0.466 e. The van der Waals surface area contributed by atoms with Crippen molar-refractivity contribution in [3.05, 3.63) is 35.4 Å². The van der Waals surface area contributed by atoms with E-state index in [0.29, 0.717) is 23.8 Å². The third-order valence-corrected chi connectivity index (χ3v) is 7.61. The highest BCUT2D eigenvalue weighted by Gasteiger charge is 2.63.